The minimum atomic E-state index is -0.355. The van der Waals surface area contributed by atoms with E-state index >= 15 is 0 Å². The van der Waals surface area contributed by atoms with Crippen LogP contribution in [0.25, 0.3) is 0 Å². The normalized spacial score (nSPS) is 19.0. The van der Waals surface area contributed by atoms with Crippen LogP contribution >= 0.6 is 0 Å². The molecule has 3 rings (SSSR count). The fourth-order valence-electron chi connectivity index (χ4n) is 3.82. The van der Waals surface area contributed by atoms with E-state index in [-0.39, 0.29) is 17.2 Å². The summed E-state index contributed by atoms with van der Waals surface area (Å²) in [6, 6.07) is 9.64. The molecule has 1 aliphatic rings. The van der Waals surface area contributed by atoms with E-state index in [9.17, 15) is 4.79 Å². The second kappa shape index (κ2) is 6.75. The van der Waals surface area contributed by atoms with Crippen molar-refractivity contribution in [1.29, 1.82) is 0 Å². The Morgan fingerprint density at radius 2 is 2.24 bits per heavy atom. The first-order valence-corrected chi connectivity index (χ1v) is 8.71. The highest BCUT2D eigenvalue weighted by atomic mass is 16.3. The number of benzene rings is 1. The summed E-state index contributed by atoms with van der Waals surface area (Å²) in [6.45, 7) is 10.1. The van der Waals surface area contributed by atoms with Crippen molar-refractivity contribution in [2.75, 3.05) is 11.4 Å². The molecule has 2 heterocycles. The number of carbonyl (C=O) groups is 1. The first-order valence-electron chi connectivity index (χ1n) is 8.71. The lowest BCUT2D eigenvalue weighted by molar-refractivity contribution is 0.0927. The summed E-state index contributed by atoms with van der Waals surface area (Å²) < 4.78 is 5.04. The van der Waals surface area contributed by atoms with Gasteiger partial charge in [0.15, 0.2) is 5.76 Å². The largest absolute Gasteiger partial charge is 0.459 e. The molecule has 0 saturated carbocycles. The molecule has 1 N–H and O–H groups in total. The molecule has 5 nitrogen and oxygen atoms in total. The van der Waals surface area contributed by atoms with E-state index in [1.54, 1.807) is 18.3 Å². The fourth-order valence-corrected chi connectivity index (χ4v) is 3.82. The third-order valence-corrected chi connectivity index (χ3v) is 4.85. The van der Waals surface area contributed by atoms with Crippen LogP contribution in [0.15, 0.2) is 46.1 Å². The molecule has 132 valence electrons. The second-order valence-electron chi connectivity index (χ2n) is 7.16. The van der Waals surface area contributed by atoms with Crippen molar-refractivity contribution < 1.29 is 9.21 Å². The molecule has 2 aromatic rings. The molecule has 1 aromatic heterocycles. The number of anilines is 1. The number of fused-ring (bicyclic) bond motifs is 1. The zero-order chi connectivity index (χ0) is 18.0. The molecule has 0 fully saturated rings. The Hall–Kier alpha value is -2.56. The summed E-state index contributed by atoms with van der Waals surface area (Å²) in [6.07, 6.45) is 4.25. The van der Waals surface area contributed by atoms with Gasteiger partial charge in [-0.25, -0.2) is 5.43 Å². The maximum Gasteiger partial charge on any atom is 0.307 e. The quantitative estimate of drug-likeness (QED) is 0.672. The van der Waals surface area contributed by atoms with Crippen LogP contribution in [-0.2, 0) is 0 Å². The third kappa shape index (κ3) is 3.45. The first-order chi connectivity index (χ1) is 11.9. The lowest BCUT2D eigenvalue weighted by Crippen LogP contribution is -2.48. The molecule has 1 unspecified atom stereocenters. The van der Waals surface area contributed by atoms with Crippen LogP contribution in [0.5, 0.6) is 0 Å². The van der Waals surface area contributed by atoms with E-state index in [4.69, 9.17) is 4.42 Å². The van der Waals surface area contributed by atoms with Gasteiger partial charge in [-0.1, -0.05) is 13.0 Å². The molecule has 1 aromatic carbocycles. The van der Waals surface area contributed by atoms with Crippen LogP contribution in [0.4, 0.5) is 5.69 Å². The standard InChI is InChI=1S/C20H25N3O2/c1-5-23-17-9-8-15(11-16(17)14(2)12-20(23,3)4)13-21-22-19(24)18-7-6-10-25-18/h6-11,13-14H,5,12H2,1-4H3,(H,22,24)/b21-13+. The van der Waals surface area contributed by atoms with E-state index in [1.165, 1.54) is 17.5 Å². The number of furan rings is 1. The smallest absolute Gasteiger partial charge is 0.307 e. The van der Waals surface area contributed by atoms with Crippen molar-refractivity contribution in [3.8, 4) is 0 Å². The van der Waals surface area contributed by atoms with E-state index in [0.717, 1.165) is 18.5 Å². The SMILES string of the molecule is CCN1c2ccc(/C=N/NC(=O)c3ccco3)cc2C(C)CC1(C)C. The van der Waals surface area contributed by atoms with E-state index in [1.807, 2.05) is 6.07 Å². The number of hydrogen-bond acceptors (Lipinski definition) is 4. The average molecular weight is 339 g/mol. The second-order valence-corrected chi connectivity index (χ2v) is 7.16. The van der Waals surface area contributed by atoms with Crippen molar-refractivity contribution in [1.82, 2.24) is 5.43 Å². The van der Waals surface area contributed by atoms with Crippen LogP contribution < -0.4 is 10.3 Å². The molecule has 1 amide bonds. The van der Waals surface area contributed by atoms with Gasteiger partial charge in [0.25, 0.3) is 0 Å². The minimum absolute atomic E-state index is 0.161. The highest BCUT2D eigenvalue weighted by molar-refractivity contribution is 5.92. The lowest BCUT2D eigenvalue weighted by Gasteiger charge is -2.47. The molecule has 1 aliphatic heterocycles. The van der Waals surface area contributed by atoms with Crippen molar-refractivity contribution in [3.05, 3.63) is 53.5 Å². The van der Waals surface area contributed by atoms with E-state index in [2.05, 4.69) is 55.3 Å². The molecule has 25 heavy (non-hydrogen) atoms. The first kappa shape index (κ1) is 17.3. The number of amides is 1. The topological polar surface area (TPSA) is 57.8 Å². The van der Waals surface area contributed by atoms with Gasteiger partial charge in [-0.05, 0) is 68.5 Å². The van der Waals surface area contributed by atoms with Gasteiger partial charge >= 0.3 is 5.91 Å². The van der Waals surface area contributed by atoms with Crippen LogP contribution in [0.1, 0.15) is 61.7 Å². The molecule has 0 saturated heterocycles. The van der Waals surface area contributed by atoms with Gasteiger partial charge in [-0.15, -0.1) is 0 Å². The molecular weight excluding hydrogens is 314 g/mol. The summed E-state index contributed by atoms with van der Waals surface area (Å²) in [7, 11) is 0. The molecule has 0 radical (unpaired) electrons. The van der Waals surface area contributed by atoms with Crippen molar-refractivity contribution in [2.45, 2.75) is 45.6 Å². The predicted molar refractivity (Wildman–Crippen MR) is 100 cm³/mol. The zero-order valence-corrected chi connectivity index (χ0v) is 15.2. The van der Waals surface area contributed by atoms with Crippen LogP contribution in [0.3, 0.4) is 0 Å². The molecule has 0 spiro atoms. The molecule has 1 atom stereocenters. The summed E-state index contributed by atoms with van der Waals surface area (Å²) in [5, 5.41) is 4.04. The monoisotopic (exact) mass is 339 g/mol. The molecular formula is C20H25N3O2. The number of rotatable bonds is 4. The van der Waals surface area contributed by atoms with Gasteiger partial charge in [0, 0.05) is 17.8 Å². The summed E-state index contributed by atoms with van der Waals surface area (Å²) >= 11 is 0. The summed E-state index contributed by atoms with van der Waals surface area (Å²) in [5.74, 6) is 0.377. The van der Waals surface area contributed by atoms with Crippen LogP contribution in [0.2, 0.25) is 0 Å². The van der Waals surface area contributed by atoms with E-state index < -0.39 is 0 Å². The van der Waals surface area contributed by atoms with Gasteiger partial charge in [0.2, 0.25) is 0 Å². The Kier molecular flexibility index (Phi) is 4.66. The van der Waals surface area contributed by atoms with Crippen molar-refractivity contribution >= 4 is 17.8 Å². The van der Waals surface area contributed by atoms with Crippen molar-refractivity contribution in [2.24, 2.45) is 5.10 Å². The Labute approximate surface area is 148 Å². The number of nitrogens with one attached hydrogen (secondary N) is 1. The van der Waals surface area contributed by atoms with Crippen LogP contribution in [0, 0.1) is 0 Å². The maximum atomic E-state index is 11.8. The van der Waals surface area contributed by atoms with E-state index in [0.29, 0.717) is 5.92 Å². The van der Waals surface area contributed by atoms with Gasteiger partial charge in [-0.3, -0.25) is 4.79 Å². The lowest BCUT2D eigenvalue weighted by atomic mass is 9.79. The highest BCUT2D eigenvalue weighted by Crippen LogP contribution is 2.43. The number of hydrogen-bond donors (Lipinski definition) is 1. The Morgan fingerprint density at radius 1 is 1.44 bits per heavy atom. The summed E-state index contributed by atoms with van der Waals surface area (Å²) in [4.78, 5) is 14.3. The molecule has 5 heteroatoms. The minimum Gasteiger partial charge on any atom is -0.459 e. The predicted octanol–water partition coefficient (Wildman–Crippen LogP) is 4.16. The highest BCUT2D eigenvalue weighted by Gasteiger charge is 2.35. The fraction of sp³-hybridized carbons (Fsp3) is 0.400. The maximum absolute atomic E-state index is 11.8. The average Bonchev–Trinajstić information content (AvgIpc) is 3.09. The van der Waals surface area contributed by atoms with Crippen molar-refractivity contribution in [3.63, 3.8) is 0 Å². The number of carbonyl (C=O) groups excluding carboxylic acids is 1. The zero-order valence-electron chi connectivity index (χ0n) is 15.2. The van der Waals surface area contributed by atoms with Crippen LogP contribution in [-0.4, -0.2) is 24.2 Å². The third-order valence-electron chi connectivity index (χ3n) is 4.85. The Bertz CT molecular complexity index is 778. The van der Waals surface area contributed by atoms with Gasteiger partial charge < -0.3 is 9.32 Å². The molecule has 0 bridgehead atoms. The number of hydrazone groups is 1. The Balaban J connectivity index is 1.78. The number of nitrogens with zero attached hydrogens (tertiary/aromatic N) is 2. The van der Waals surface area contributed by atoms with Gasteiger partial charge in [0.1, 0.15) is 0 Å². The van der Waals surface area contributed by atoms with Gasteiger partial charge in [0.05, 0.1) is 12.5 Å². The van der Waals surface area contributed by atoms with Gasteiger partial charge in [-0.2, -0.15) is 5.10 Å². The Morgan fingerprint density at radius 3 is 2.92 bits per heavy atom. The molecule has 0 aliphatic carbocycles. The summed E-state index contributed by atoms with van der Waals surface area (Å²) in [5.41, 5.74) is 6.25.